The van der Waals surface area contributed by atoms with Gasteiger partial charge >= 0.3 is 0 Å². The van der Waals surface area contributed by atoms with Gasteiger partial charge in [-0.25, -0.2) is 0 Å². The molecule has 0 fully saturated rings. The van der Waals surface area contributed by atoms with E-state index >= 15 is 0 Å². The summed E-state index contributed by atoms with van der Waals surface area (Å²) in [6, 6.07) is 8.36. The van der Waals surface area contributed by atoms with E-state index in [0.29, 0.717) is 0 Å². The average molecular weight is 124 g/mol. The third-order valence-corrected chi connectivity index (χ3v) is 1.43. The molecule has 0 saturated heterocycles. The van der Waals surface area contributed by atoms with Crippen LogP contribution < -0.4 is 0 Å². The number of hydrogen-bond acceptors (Lipinski definition) is 0. The van der Waals surface area contributed by atoms with Crippen LogP contribution >= 0.6 is 0 Å². The molecular weight excluding hydrogens is 112 g/mol. The highest BCUT2D eigenvalue weighted by molar-refractivity contribution is 5.23. The van der Waals surface area contributed by atoms with E-state index in [-0.39, 0.29) is 5.48 Å². The van der Waals surface area contributed by atoms with Crippen LogP contribution in [0.2, 0.25) is 0 Å². The molecule has 0 heterocycles. The number of aryl methyl sites for hydroxylation is 2. The van der Waals surface area contributed by atoms with Crippen LogP contribution in [0.3, 0.4) is 0 Å². The van der Waals surface area contributed by atoms with Crippen LogP contribution in [0.5, 0.6) is 0 Å². The van der Waals surface area contributed by atoms with Crippen molar-refractivity contribution in [3.05, 3.63) is 35.4 Å². The molecule has 0 amide bonds. The molecule has 1 heteroatoms. The zero-order valence-electron chi connectivity index (χ0n) is 5.81. The van der Waals surface area contributed by atoms with Crippen LogP contribution in [0.1, 0.15) is 11.1 Å². The molecule has 0 atom stereocenters. The van der Waals surface area contributed by atoms with Gasteiger partial charge in [0.05, 0.1) is 0 Å². The first kappa shape index (κ1) is 8.18. The molecule has 0 aliphatic carbocycles. The Morgan fingerprint density at radius 1 is 0.889 bits per heavy atom. The van der Waals surface area contributed by atoms with Crippen molar-refractivity contribution < 1.29 is 5.48 Å². The third-order valence-electron chi connectivity index (χ3n) is 1.43. The van der Waals surface area contributed by atoms with Gasteiger partial charge in [0.25, 0.3) is 0 Å². The molecule has 1 aromatic carbocycles. The van der Waals surface area contributed by atoms with Crippen LogP contribution in [0.4, 0.5) is 0 Å². The quantitative estimate of drug-likeness (QED) is 0.501. The van der Waals surface area contributed by atoms with Gasteiger partial charge < -0.3 is 5.48 Å². The van der Waals surface area contributed by atoms with Crippen LogP contribution in [-0.2, 0) is 0 Å². The molecule has 0 aliphatic heterocycles. The molecule has 1 aromatic rings. The van der Waals surface area contributed by atoms with Crippen molar-refractivity contribution in [3.63, 3.8) is 0 Å². The van der Waals surface area contributed by atoms with Crippen molar-refractivity contribution in [1.82, 2.24) is 0 Å². The van der Waals surface area contributed by atoms with E-state index in [4.69, 9.17) is 0 Å². The van der Waals surface area contributed by atoms with Crippen LogP contribution in [-0.4, -0.2) is 5.48 Å². The summed E-state index contributed by atoms with van der Waals surface area (Å²) in [4.78, 5) is 0. The van der Waals surface area contributed by atoms with E-state index in [1.165, 1.54) is 11.1 Å². The molecule has 0 bridgehead atoms. The maximum absolute atomic E-state index is 2.12. The normalized spacial score (nSPS) is 8.22. The maximum atomic E-state index is 2.12. The second-order valence-electron chi connectivity index (χ2n) is 2.08. The van der Waals surface area contributed by atoms with Crippen molar-refractivity contribution in [1.29, 1.82) is 0 Å². The number of benzene rings is 1. The summed E-state index contributed by atoms with van der Waals surface area (Å²) in [6.07, 6.45) is 0. The molecule has 2 N–H and O–H groups in total. The van der Waals surface area contributed by atoms with Crippen LogP contribution in [0.15, 0.2) is 24.3 Å². The smallest absolute Gasteiger partial charge is 0.0395 e. The fourth-order valence-corrected chi connectivity index (χ4v) is 0.663. The first-order valence-corrected chi connectivity index (χ1v) is 2.83. The highest BCUT2D eigenvalue weighted by Gasteiger charge is 1.83. The highest BCUT2D eigenvalue weighted by Crippen LogP contribution is 2.02. The molecule has 0 aromatic heterocycles. The van der Waals surface area contributed by atoms with Gasteiger partial charge in [-0.1, -0.05) is 24.3 Å². The largest absolute Gasteiger partial charge is 0.412 e. The van der Waals surface area contributed by atoms with Gasteiger partial charge in [0.1, 0.15) is 0 Å². The van der Waals surface area contributed by atoms with Crippen molar-refractivity contribution >= 4 is 0 Å². The van der Waals surface area contributed by atoms with E-state index in [0.717, 1.165) is 0 Å². The third kappa shape index (κ3) is 1.86. The van der Waals surface area contributed by atoms with Gasteiger partial charge in [-0.2, -0.15) is 0 Å². The molecule has 0 unspecified atom stereocenters. The van der Waals surface area contributed by atoms with E-state index < -0.39 is 0 Å². The summed E-state index contributed by atoms with van der Waals surface area (Å²) in [6.45, 7) is 4.24. The van der Waals surface area contributed by atoms with E-state index in [2.05, 4.69) is 38.1 Å². The Morgan fingerprint density at radius 2 is 1.22 bits per heavy atom. The van der Waals surface area contributed by atoms with Gasteiger partial charge in [-0.15, -0.1) is 0 Å². The lowest BCUT2D eigenvalue weighted by Gasteiger charge is -1.93. The average Bonchev–Trinajstić information content (AvgIpc) is 1.77. The number of hydrogen-bond donors (Lipinski definition) is 0. The monoisotopic (exact) mass is 124 g/mol. The van der Waals surface area contributed by atoms with E-state index in [1.54, 1.807) is 0 Å². The minimum absolute atomic E-state index is 0. The molecule has 1 rings (SSSR count). The summed E-state index contributed by atoms with van der Waals surface area (Å²) in [5.74, 6) is 0. The zero-order chi connectivity index (χ0) is 5.98. The molecule has 50 valence electrons. The van der Waals surface area contributed by atoms with Crippen LogP contribution in [0, 0.1) is 13.8 Å². The predicted octanol–water partition coefficient (Wildman–Crippen LogP) is 1.48. The number of rotatable bonds is 0. The molecule has 0 spiro atoms. The summed E-state index contributed by atoms with van der Waals surface area (Å²) in [7, 11) is 0. The molecule has 0 saturated carbocycles. The maximum Gasteiger partial charge on any atom is -0.0395 e. The second kappa shape index (κ2) is 3.25. The molecular formula is C8H12O. The summed E-state index contributed by atoms with van der Waals surface area (Å²) in [5.41, 5.74) is 2.74. The van der Waals surface area contributed by atoms with Crippen molar-refractivity contribution in [2.75, 3.05) is 0 Å². The summed E-state index contributed by atoms with van der Waals surface area (Å²) in [5, 5.41) is 0. The van der Waals surface area contributed by atoms with Gasteiger partial charge in [0, 0.05) is 0 Å². The van der Waals surface area contributed by atoms with E-state index in [1.807, 2.05) is 0 Å². The Bertz CT molecular complexity index is 161. The predicted molar refractivity (Wildman–Crippen MR) is 39.5 cm³/mol. The van der Waals surface area contributed by atoms with E-state index in [9.17, 15) is 0 Å². The molecule has 9 heavy (non-hydrogen) atoms. The van der Waals surface area contributed by atoms with Gasteiger partial charge in [0.2, 0.25) is 0 Å². The lowest BCUT2D eigenvalue weighted by atomic mass is 10.1. The van der Waals surface area contributed by atoms with Gasteiger partial charge in [-0.3, -0.25) is 0 Å². The SMILES string of the molecule is Cc1ccccc1C.O. The fourth-order valence-electron chi connectivity index (χ4n) is 0.663. The van der Waals surface area contributed by atoms with Crippen molar-refractivity contribution in [2.45, 2.75) is 13.8 Å². The summed E-state index contributed by atoms with van der Waals surface area (Å²) >= 11 is 0. The molecule has 1 nitrogen and oxygen atoms in total. The Balaban J connectivity index is 0.000000640. The minimum atomic E-state index is 0. The van der Waals surface area contributed by atoms with Crippen LogP contribution in [0.25, 0.3) is 0 Å². The Labute approximate surface area is 55.6 Å². The zero-order valence-corrected chi connectivity index (χ0v) is 5.81. The topological polar surface area (TPSA) is 31.5 Å². The fraction of sp³-hybridized carbons (Fsp3) is 0.250. The first-order chi connectivity index (χ1) is 3.80. The van der Waals surface area contributed by atoms with Crippen molar-refractivity contribution in [3.8, 4) is 0 Å². The Kier molecular flexibility index (Phi) is 2.96. The summed E-state index contributed by atoms with van der Waals surface area (Å²) < 4.78 is 0. The molecule has 0 radical (unpaired) electrons. The van der Waals surface area contributed by atoms with Crippen molar-refractivity contribution in [2.24, 2.45) is 0 Å². The Morgan fingerprint density at radius 3 is 1.44 bits per heavy atom. The highest BCUT2D eigenvalue weighted by atomic mass is 16.0. The van der Waals surface area contributed by atoms with Gasteiger partial charge in [0.15, 0.2) is 0 Å². The minimum Gasteiger partial charge on any atom is -0.412 e. The lowest BCUT2D eigenvalue weighted by Crippen LogP contribution is -1.74. The second-order valence-corrected chi connectivity index (χ2v) is 2.08. The first-order valence-electron chi connectivity index (χ1n) is 2.83. The van der Waals surface area contributed by atoms with Gasteiger partial charge in [-0.05, 0) is 25.0 Å². The molecule has 0 aliphatic rings. The lowest BCUT2D eigenvalue weighted by molar-refractivity contribution is 0.824. The Hall–Kier alpha value is -0.820. The standard InChI is InChI=1S/C8H10.H2O/c1-7-5-3-4-6-8(7)2;/h3-6H,1-2H3;1H2.